The summed E-state index contributed by atoms with van der Waals surface area (Å²) < 4.78 is 16.7. The minimum Gasteiger partial charge on any atom is -0.497 e. The zero-order chi connectivity index (χ0) is 24.6. The van der Waals surface area contributed by atoms with Gasteiger partial charge in [0.25, 0.3) is 5.91 Å². The third-order valence-electron chi connectivity index (χ3n) is 7.64. The Labute approximate surface area is 204 Å². The lowest BCUT2D eigenvalue weighted by Gasteiger charge is -2.47. The lowest BCUT2D eigenvalue weighted by atomic mass is 9.71. The summed E-state index contributed by atoms with van der Waals surface area (Å²) in [5, 5.41) is 11.7. The summed E-state index contributed by atoms with van der Waals surface area (Å²) >= 11 is 0. The minimum atomic E-state index is -0.621. The van der Waals surface area contributed by atoms with Gasteiger partial charge in [-0.2, -0.15) is 0 Å². The molecule has 2 atom stereocenters. The van der Waals surface area contributed by atoms with Gasteiger partial charge in [-0.3, -0.25) is 4.79 Å². The number of benzene rings is 2. The summed E-state index contributed by atoms with van der Waals surface area (Å²) in [6.45, 7) is 2.85. The van der Waals surface area contributed by atoms with Crippen molar-refractivity contribution in [2.24, 2.45) is 5.92 Å². The van der Waals surface area contributed by atoms with E-state index in [2.05, 4.69) is 0 Å². The molecule has 3 aromatic rings. The summed E-state index contributed by atoms with van der Waals surface area (Å²) in [5.41, 5.74) is 1.68. The molecule has 1 saturated carbocycles. The van der Waals surface area contributed by atoms with E-state index in [0.29, 0.717) is 36.4 Å². The predicted octanol–water partition coefficient (Wildman–Crippen LogP) is 4.31. The molecule has 1 amide bonds. The van der Waals surface area contributed by atoms with Crippen LogP contribution in [0.3, 0.4) is 0 Å². The van der Waals surface area contributed by atoms with Gasteiger partial charge in [-0.05, 0) is 61.6 Å². The van der Waals surface area contributed by atoms with Crippen LogP contribution in [0.1, 0.15) is 37.7 Å². The largest absolute Gasteiger partial charge is 0.497 e. The maximum atomic E-state index is 12.9. The number of aliphatic hydroxyl groups is 1. The third kappa shape index (κ3) is 4.52. The number of ether oxygens (including phenoxy) is 2. The zero-order valence-electron chi connectivity index (χ0n) is 20.2. The first-order valence-corrected chi connectivity index (χ1v) is 12.2. The van der Waals surface area contributed by atoms with Crippen LogP contribution in [0.15, 0.2) is 51.7 Å². The molecule has 2 aliphatic rings. The van der Waals surface area contributed by atoms with Crippen LogP contribution in [0, 0.1) is 12.8 Å². The Morgan fingerprint density at radius 2 is 1.97 bits per heavy atom. The molecule has 1 aliphatic carbocycles. The molecule has 2 heterocycles. The van der Waals surface area contributed by atoms with Crippen molar-refractivity contribution < 1.29 is 23.8 Å². The minimum absolute atomic E-state index is 0.0921. The number of carbonyl (C=O) groups is 1. The molecular weight excluding hydrogens is 446 g/mol. The quantitative estimate of drug-likeness (QED) is 0.551. The lowest BCUT2D eigenvalue weighted by molar-refractivity contribution is -0.145. The highest BCUT2D eigenvalue weighted by atomic mass is 16.5. The Morgan fingerprint density at radius 1 is 1.17 bits per heavy atom. The molecule has 5 rings (SSSR count). The highest BCUT2D eigenvalue weighted by molar-refractivity contribution is 5.95. The van der Waals surface area contributed by atoms with E-state index in [1.54, 1.807) is 7.11 Å². The van der Waals surface area contributed by atoms with E-state index in [-0.39, 0.29) is 18.4 Å². The van der Waals surface area contributed by atoms with Crippen molar-refractivity contribution in [1.82, 2.24) is 4.90 Å². The standard InChI is InChI=1S/C28H31NO6/c1-18-24(34-17-25(30)29-14-13-28(32)12-4-3-5-20(28)16-29)11-10-22-23(15-26(31)35-27(18)22)19-6-8-21(33-2)9-7-19/h6-11,15,20,32H,3-5,12-14,16-17H2,1-2H3/t20-,28+/m1/s1. The number of carbonyl (C=O) groups excluding carboxylic acids is 1. The first-order chi connectivity index (χ1) is 16.9. The number of aryl methyl sites for hydroxylation is 1. The fourth-order valence-corrected chi connectivity index (χ4v) is 5.54. The molecule has 7 heteroatoms. The molecule has 1 aliphatic heterocycles. The molecular formula is C28H31NO6. The predicted molar refractivity (Wildman–Crippen MR) is 133 cm³/mol. The molecule has 2 aromatic carbocycles. The van der Waals surface area contributed by atoms with Crippen LogP contribution in [0.2, 0.25) is 0 Å². The molecule has 1 aromatic heterocycles. The highest BCUT2D eigenvalue weighted by Crippen LogP contribution is 2.40. The van der Waals surface area contributed by atoms with E-state index < -0.39 is 11.2 Å². The number of methoxy groups -OCH3 is 1. The van der Waals surface area contributed by atoms with Crippen molar-refractivity contribution >= 4 is 16.9 Å². The van der Waals surface area contributed by atoms with E-state index in [9.17, 15) is 14.7 Å². The molecule has 0 radical (unpaired) electrons. The second-order valence-corrected chi connectivity index (χ2v) is 9.70. The van der Waals surface area contributed by atoms with Crippen molar-refractivity contribution in [2.75, 3.05) is 26.8 Å². The van der Waals surface area contributed by atoms with Crippen molar-refractivity contribution in [3.63, 3.8) is 0 Å². The molecule has 0 unspecified atom stereocenters. The first-order valence-electron chi connectivity index (χ1n) is 12.2. The Balaban J connectivity index is 1.34. The summed E-state index contributed by atoms with van der Waals surface area (Å²) in [6, 6.07) is 12.6. The Kier molecular flexibility index (Phi) is 6.28. The Hall–Kier alpha value is -3.32. The number of fused-ring (bicyclic) bond motifs is 2. The van der Waals surface area contributed by atoms with Crippen molar-refractivity contribution in [1.29, 1.82) is 0 Å². The monoisotopic (exact) mass is 477 g/mol. The highest BCUT2D eigenvalue weighted by Gasteiger charge is 2.43. The maximum absolute atomic E-state index is 12.9. The van der Waals surface area contributed by atoms with E-state index >= 15 is 0 Å². The van der Waals surface area contributed by atoms with Gasteiger partial charge in [0.2, 0.25) is 0 Å². The van der Waals surface area contributed by atoms with E-state index in [0.717, 1.165) is 47.9 Å². The smallest absolute Gasteiger partial charge is 0.336 e. The molecule has 184 valence electrons. The SMILES string of the molecule is COc1ccc(-c2cc(=O)oc3c(C)c(OCC(=O)N4CC[C@@]5(O)CCCC[C@@H]5C4)ccc23)cc1. The zero-order valence-corrected chi connectivity index (χ0v) is 20.2. The van der Waals surface area contributed by atoms with Crippen LogP contribution in [-0.2, 0) is 4.79 Å². The number of hydrogen-bond donors (Lipinski definition) is 1. The fourth-order valence-electron chi connectivity index (χ4n) is 5.54. The van der Waals surface area contributed by atoms with Gasteiger partial charge in [0.1, 0.15) is 17.1 Å². The molecule has 0 bridgehead atoms. The maximum Gasteiger partial charge on any atom is 0.336 e. The van der Waals surface area contributed by atoms with Gasteiger partial charge in [-0.1, -0.05) is 25.0 Å². The molecule has 1 saturated heterocycles. The number of piperidine rings is 1. The van der Waals surface area contributed by atoms with Gasteiger partial charge < -0.3 is 23.9 Å². The number of amides is 1. The molecule has 0 spiro atoms. The van der Waals surface area contributed by atoms with Gasteiger partial charge >= 0.3 is 5.63 Å². The molecule has 2 fully saturated rings. The van der Waals surface area contributed by atoms with Gasteiger partial charge in [0.05, 0.1) is 12.7 Å². The van der Waals surface area contributed by atoms with Gasteiger partial charge in [0.15, 0.2) is 6.61 Å². The molecule has 1 N–H and O–H groups in total. The summed E-state index contributed by atoms with van der Waals surface area (Å²) in [5.74, 6) is 1.29. The first kappa shape index (κ1) is 23.4. The second-order valence-electron chi connectivity index (χ2n) is 9.70. The summed E-state index contributed by atoms with van der Waals surface area (Å²) in [7, 11) is 1.61. The van der Waals surface area contributed by atoms with Crippen LogP contribution >= 0.6 is 0 Å². The van der Waals surface area contributed by atoms with Crippen molar-refractivity contribution in [2.45, 2.75) is 44.6 Å². The Morgan fingerprint density at radius 3 is 2.74 bits per heavy atom. The van der Waals surface area contributed by atoms with Crippen LogP contribution in [-0.4, -0.2) is 48.3 Å². The number of nitrogens with zero attached hydrogens (tertiary/aromatic N) is 1. The van der Waals surface area contributed by atoms with Crippen LogP contribution in [0.5, 0.6) is 11.5 Å². The Bertz CT molecular complexity index is 1300. The van der Waals surface area contributed by atoms with E-state index in [1.165, 1.54) is 6.07 Å². The number of likely N-dealkylation sites (tertiary alicyclic amines) is 1. The normalized spacial score (nSPS) is 22.0. The number of hydrogen-bond acceptors (Lipinski definition) is 6. The molecule has 35 heavy (non-hydrogen) atoms. The summed E-state index contributed by atoms with van der Waals surface area (Å²) in [6.07, 6.45) is 4.57. The molecule has 7 nitrogen and oxygen atoms in total. The second kappa shape index (κ2) is 9.38. The van der Waals surface area contributed by atoms with Crippen LogP contribution in [0.25, 0.3) is 22.1 Å². The summed E-state index contributed by atoms with van der Waals surface area (Å²) in [4.78, 5) is 27.1. The topological polar surface area (TPSA) is 89.2 Å². The average molecular weight is 478 g/mol. The van der Waals surface area contributed by atoms with Gasteiger partial charge in [-0.15, -0.1) is 0 Å². The van der Waals surface area contributed by atoms with Crippen LogP contribution in [0.4, 0.5) is 0 Å². The van der Waals surface area contributed by atoms with Gasteiger partial charge in [0, 0.05) is 36.0 Å². The van der Waals surface area contributed by atoms with Crippen molar-refractivity contribution in [3.05, 3.63) is 58.4 Å². The lowest BCUT2D eigenvalue weighted by Crippen LogP contribution is -2.55. The number of rotatable bonds is 5. The van der Waals surface area contributed by atoms with Gasteiger partial charge in [-0.25, -0.2) is 4.79 Å². The fraction of sp³-hybridized carbons (Fsp3) is 0.429. The van der Waals surface area contributed by atoms with E-state index in [4.69, 9.17) is 13.9 Å². The third-order valence-corrected chi connectivity index (χ3v) is 7.64. The average Bonchev–Trinajstić information content (AvgIpc) is 2.87. The van der Waals surface area contributed by atoms with Crippen LogP contribution < -0.4 is 15.1 Å². The van der Waals surface area contributed by atoms with Crippen molar-refractivity contribution in [3.8, 4) is 22.6 Å². The van der Waals surface area contributed by atoms with E-state index in [1.807, 2.05) is 48.2 Å².